The summed E-state index contributed by atoms with van der Waals surface area (Å²) in [6.45, 7) is 2.68. The number of hydrogen-bond acceptors (Lipinski definition) is 4. The van der Waals surface area contributed by atoms with Crippen LogP contribution in [0.5, 0.6) is 5.75 Å². The third kappa shape index (κ3) is 2.51. The summed E-state index contributed by atoms with van der Waals surface area (Å²) < 4.78 is 16.3. The highest BCUT2D eigenvalue weighted by atomic mass is 32.1. The van der Waals surface area contributed by atoms with Crippen molar-refractivity contribution in [2.75, 3.05) is 13.7 Å². The third-order valence-electron chi connectivity index (χ3n) is 2.55. The molecule has 1 atom stereocenters. The van der Waals surface area contributed by atoms with Crippen LogP contribution >= 0.6 is 11.5 Å². The molecular weight excluding hydrogens is 222 g/mol. The number of methoxy groups -OCH3 is 1. The first-order valence-electron chi connectivity index (χ1n) is 5.33. The zero-order valence-electron chi connectivity index (χ0n) is 9.47. The van der Waals surface area contributed by atoms with Crippen LogP contribution in [0.15, 0.2) is 24.4 Å². The topological polar surface area (TPSA) is 31.4 Å². The lowest BCUT2D eigenvalue weighted by Gasteiger charge is -2.14. The lowest BCUT2D eigenvalue weighted by Crippen LogP contribution is -2.18. The molecule has 0 fully saturated rings. The van der Waals surface area contributed by atoms with E-state index in [0.717, 1.165) is 17.6 Å². The molecule has 0 amide bonds. The summed E-state index contributed by atoms with van der Waals surface area (Å²) in [7, 11) is 1.71. The summed E-state index contributed by atoms with van der Waals surface area (Å²) in [5.41, 5.74) is 0. The summed E-state index contributed by atoms with van der Waals surface area (Å²) >= 11 is 1.50. The normalized spacial score (nSPS) is 12.9. The van der Waals surface area contributed by atoms with Crippen LogP contribution in [0.3, 0.4) is 0 Å². The van der Waals surface area contributed by atoms with Crippen LogP contribution in [0, 0.1) is 0 Å². The Hall–Kier alpha value is -1.13. The van der Waals surface area contributed by atoms with E-state index >= 15 is 0 Å². The first-order chi connectivity index (χ1) is 7.83. The Morgan fingerprint density at radius 1 is 1.44 bits per heavy atom. The van der Waals surface area contributed by atoms with Gasteiger partial charge in [0.05, 0.1) is 10.8 Å². The van der Waals surface area contributed by atoms with Crippen LogP contribution in [0.1, 0.15) is 13.3 Å². The van der Waals surface area contributed by atoms with Crippen molar-refractivity contribution >= 4 is 21.6 Å². The second-order valence-electron chi connectivity index (χ2n) is 3.60. The molecule has 0 saturated heterocycles. The van der Waals surface area contributed by atoms with Crippen LogP contribution in [0.2, 0.25) is 0 Å². The first kappa shape index (κ1) is 11.4. The van der Waals surface area contributed by atoms with Gasteiger partial charge in [-0.2, -0.15) is 4.37 Å². The van der Waals surface area contributed by atoms with E-state index in [2.05, 4.69) is 11.3 Å². The maximum atomic E-state index is 5.68. The molecule has 0 aliphatic rings. The molecule has 0 N–H and O–H groups in total. The van der Waals surface area contributed by atoms with Crippen LogP contribution < -0.4 is 4.74 Å². The number of hydrogen-bond donors (Lipinski definition) is 0. The second-order valence-corrected chi connectivity index (χ2v) is 4.44. The van der Waals surface area contributed by atoms with Crippen molar-refractivity contribution in [3.05, 3.63) is 24.4 Å². The minimum Gasteiger partial charge on any atom is -0.491 e. The van der Waals surface area contributed by atoms with E-state index in [9.17, 15) is 0 Å². The Morgan fingerprint density at radius 3 is 3.06 bits per heavy atom. The quantitative estimate of drug-likeness (QED) is 0.800. The van der Waals surface area contributed by atoms with Crippen molar-refractivity contribution in [3.63, 3.8) is 0 Å². The van der Waals surface area contributed by atoms with Gasteiger partial charge < -0.3 is 9.47 Å². The smallest absolute Gasteiger partial charge is 0.120 e. The Balaban J connectivity index is 2.03. The van der Waals surface area contributed by atoms with Crippen molar-refractivity contribution in [2.45, 2.75) is 19.4 Å². The monoisotopic (exact) mass is 237 g/mol. The van der Waals surface area contributed by atoms with E-state index in [1.807, 2.05) is 24.4 Å². The van der Waals surface area contributed by atoms with Gasteiger partial charge in [0.2, 0.25) is 0 Å². The Labute approximate surface area is 99.2 Å². The molecule has 1 aromatic heterocycles. The molecule has 1 unspecified atom stereocenters. The molecule has 4 heteroatoms. The van der Waals surface area contributed by atoms with E-state index in [1.54, 1.807) is 7.11 Å². The Morgan fingerprint density at radius 2 is 2.31 bits per heavy atom. The zero-order chi connectivity index (χ0) is 11.4. The maximum absolute atomic E-state index is 5.68. The highest BCUT2D eigenvalue weighted by Gasteiger charge is 2.05. The highest BCUT2D eigenvalue weighted by molar-refractivity contribution is 7.13. The fourth-order valence-corrected chi connectivity index (χ4v) is 2.11. The summed E-state index contributed by atoms with van der Waals surface area (Å²) in [5, 5.41) is 1.13. The van der Waals surface area contributed by atoms with Gasteiger partial charge in [-0.25, -0.2) is 0 Å². The van der Waals surface area contributed by atoms with Crippen LogP contribution in [-0.4, -0.2) is 24.2 Å². The SMILES string of the molecule is CCC(COc1ccc2sncc2c1)OC. The van der Waals surface area contributed by atoms with E-state index < -0.39 is 0 Å². The van der Waals surface area contributed by atoms with Gasteiger partial charge >= 0.3 is 0 Å². The number of benzene rings is 1. The summed E-state index contributed by atoms with van der Waals surface area (Å²) in [4.78, 5) is 0. The van der Waals surface area contributed by atoms with Crippen LogP contribution in [-0.2, 0) is 4.74 Å². The minimum atomic E-state index is 0.163. The number of rotatable bonds is 5. The molecule has 0 radical (unpaired) electrons. The van der Waals surface area contributed by atoms with Gasteiger partial charge in [0, 0.05) is 18.7 Å². The van der Waals surface area contributed by atoms with Gasteiger partial charge in [-0.15, -0.1) is 0 Å². The number of nitrogens with zero attached hydrogens (tertiary/aromatic N) is 1. The van der Waals surface area contributed by atoms with E-state index in [0.29, 0.717) is 6.61 Å². The van der Waals surface area contributed by atoms with Gasteiger partial charge in [0.15, 0.2) is 0 Å². The lowest BCUT2D eigenvalue weighted by atomic mass is 10.2. The molecule has 0 spiro atoms. The van der Waals surface area contributed by atoms with Crippen molar-refractivity contribution in [1.29, 1.82) is 0 Å². The fourth-order valence-electron chi connectivity index (χ4n) is 1.48. The lowest BCUT2D eigenvalue weighted by molar-refractivity contribution is 0.0556. The highest BCUT2D eigenvalue weighted by Crippen LogP contribution is 2.23. The fraction of sp³-hybridized carbons (Fsp3) is 0.417. The van der Waals surface area contributed by atoms with E-state index in [-0.39, 0.29) is 6.10 Å². The Kier molecular flexibility index (Phi) is 3.74. The molecule has 2 rings (SSSR count). The molecule has 86 valence electrons. The predicted octanol–water partition coefficient (Wildman–Crippen LogP) is 3.10. The van der Waals surface area contributed by atoms with E-state index in [4.69, 9.17) is 9.47 Å². The number of ether oxygens (including phenoxy) is 2. The molecule has 0 aliphatic carbocycles. The van der Waals surface area contributed by atoms with Crippen LogP contribution in [0.4, 0.5) is 0 Å². The van der Waals surface area contributed by atoms with Crippen molar-refractivity contribution < 1.29 is 9.47 Å². The molecule has 0 aliphatic heterocycles. The molecule has 1 heterocycles. The predicted molar refractivity (Wildman–Crippen MR) is 66.2 cm³/mol. The molecule has 16 heavy (non-hydrogen) atoms. The van der Waals surface area contributed by atoms with Gasteiger partial charge in [0.25, 0.3) is 0 Å². The molecule has 2 aromatic rings. The van der Waals surface area contributed by atoms with Crippen LogP contribution in [0.25, 0.3) is 10.1 Å². The first-order valence-corrected chi connectivity index (χ1v) is 6.11. The second kappa shape index (κ2) is 5.27. The minimum absolute atomic E-state index is 0.163. The third-order valence-corrected chi connectivity index (χ3v) is 3.33. The number of aromatic nitrogens is 1. The summed E-state index contributed by atoms with van der Waals surface area (Å²) in [6, 6.07) is 6.03. The average molecular weight is 237 g/mol. The molecule has 0 bridgehead atoms. The molecular formula is C12H15NO2S. The average Bonchev–Trinajstić information content (AvgIpc) is 2.77. The van der Waals surface area contributed by atoms with Gasteiger partial charge in [-0.05, 0) is 36.2 Å². The molecule has 1 aromatic carbocycles. The maximum Gasteiger partial charge on any atom is 0.120 e. The Bertz CT molecular complexity index is 451. The van der Waals surface area contributed by atoms with Gasteiger partial charge in [0.1, 0.15) is 12.4 Å². The number of fused-ring (bicyclic) bond motifs is 1. The zero-order valence-corrected chi connectivity index (χ0v) is 10.3. The standard InChI is InChI=1S/C12H15NO2S/c1-3-10(14-2)8-15-11-4-5-12-9(6-11)7-13-16-12/h4-7,10H,3,8H2,1-2H3. The summed E-state index contributed by atoms with van der Waals surface area (Å²) in [5.74, 6) is 0.878. The molecule has 3 nitrogen and oxygen atoms in total. The molecule has 0 saturated carbocycles. The largest absolute Gasteiger partial charge is 0.491 e. The van der Waals surface area contributed by atoms with Crippen molar-refractivity contribution in [3.8, 4) is 5.75 Å². The van der Waals surface area contributed by atoms with Gasteiger partial charge in [-0.3, -0.25) is 0 Å². The van der Waals surface area contributed by atoms with E-state index in [1.165, 1.54) is 16.2 Å². The van der Waals surface area contributed by atoms with Crippen molar-refractivity contribution in [1.82, 2.24) is 4.37 Å². The van der Waals surface area contributed by atoms with Crippen molar-refractivity contribution in [2.24, 2.45) is 0 Å². The van der Waals surface area contributed by atoms with Gasteiger partial charge in [-0.1, -0.05) is 6.92 Å². The summed E-state index contributed by atoms with van der Waals surface area (Å²) in [6.07, 6.45) is 2.98.